The number of rotatable bonds is 5. The van der Waals surface area contributed by atoms with Gasteiger partial charge in [0.15, 0.2) is 0 Å². The molecule has 10 heteroatoms. The van der Waals surface area contributed by atoms with Crippen LogP contribution in [0.25, 0.3) is 22.3 Å². The summed E-state index contributed by atoms with van der Waals surface area (Å²) in [5, 5.41) is 7.22. The number of hydrogen-bond donors (Lipinski definition) is 2. The molecule has 186 valence electrons. The van der Waals surface area contributed by atoms with Gasteiger partial charge in [0.1, 0.15) is 17.3 Å². The summed E-state index contributed by atoms with van der Waals surface area (Å²) >= 11 is 0. The van der Waals surface area contributed by atoms with Crippen LogP contribution in [-0.4, -0.2) is 61.9 Å². The summed E-state index contributed by atoms with van der Waals surface area (Å²) in [5.74, 6) is 1.12. The number of aryl methyl sites for hydroxylation is 1. The summed E-state index contributed by atoms with van der Waals surface area (Å²) in [6, 6.07) is 9.78. The molecule has 0 saturated carbocycles. The van der Waals surface area contributed by atoms with Gasteiger partial charge in [0, 0.05) is 61.5 Å². The highest BCUT2D eigenvalue weighted by atomic mass is 16.2. The van der Waals surface area contributed by atoms with Gasteiger partial charge < -0.3 is 15.2 Å². The maximum atomic E-state index is 12.9. The third kappa shape index (κ3) is 3.55. The Hall–Kier alpha value is -4.31. The lowest BCUT2D eigenvalue weighted by Crippen LogP contribution is -2.46. The van der Waals surface area contributed by atoms with Crippen LogP contribution >= 0.6 is 0 Å². The normalized spacial score (nSPS) is 19.3. The Balaban J connectivity index is 1.21. The fraction of sp³-hybridized carbons (Fsp3) is 0.296. The van der Waals surface area contributed by atoms with Gasteiger partial charge >= 0.3 is 0 Å². The number of aromatic nitrogens is 4. The van der Waals surface area contributed by atoms with Crippen molar-refractivity contribution in [3.63, 3.8) is 0 Å². The molecule has 10 nitrogen and oxygen atoms in total. The molecule has 2 amide bonds. The zero-order valence-electron chi connectivity index (χ0n) is 20.4. The molecule has 4 aromatic heterocycles. The Kier molecular flexibility index (Phi) is 4.97. The maximum absolute atomic E-state index is 12.9. The molecule has 3 aliphatic rings. The van der Waals surface area contributed by atoms with Crippen molar-refractivity contribution in [3.8, 4) is 11.3 Å². The number of carbonyl (C=O) groups is 2. The summed E-state index contributed by atoms with van der Waals surface area (Å²) in [6.07, 6.45) is 7.15. The van der Waals surface area contributed by atoms with Gasteiger partial charge in [0.05, 0.1) is 23.1 Å². The van der Waals surface area contributed by atoms with Crippen LogP contribution in [0.4, 0.5) is 17.3 Å². The third-order valence-electron chi connectivity index (χ3n) is 7.64. The molecule has 0 spiro atoms. The standard InChI is InChI=1S/C27H26N8O2/c1-33-11-7-18-17(6-8-28-26(18)33)25-19-13-30-27(37)24(19)20(14-29-25)31-21-4-2-5-22(32-21)35-15-16(12-23(35)36)34-9-3-10-34/h2,4-8,11,14,16H,3,9-10,12-13,15H2,1H3,(H,30,37)(H,31,32). The Morgan fingerprint density at radius 3 is 2.84 bits per heavy atom. The predicted molar refractivity (Wildman–Crippen MR) is 140 cm³/mol. The summed E-state index contributed by atoms with van der Waals surface area (Å²) in [5.41, 5.74) is 4.56. The van der Waals surface area contributed by atoms with Crippen molar-refractivity contribution in [2.24, 2.45) is 7.05 Å². The topological polar surface area (TPSA) is 108 Å². The van der Waals surface area contributed by atoms with Gasteiger partial charge in [-0.15, -0.1) is 0 Å². The number of carbonyl (C=O) groups excluding carboxylic acids is 2. The maximum Gasteiger partial charge on any atom is 0.254 e. The number of nitrogens with zero attached hydrogens (tertiary/aromatic N) is 6. The molecule has 1 unspecified atom stereocenters. The van der Waals surface area contributed by atoms with Crippen LogP contribution in [0, 0.1) is 0 Å². The second-order valence-electron chi connectivity index (χ2n) is 9.84. The number of fused-ring (bicyclic) bond motifs is 2. The first-order valence-corrected chi connectivity index (χ1v) is 12.6. The van der Waals surface area contributed by atoms with Crippen molar-refractivity contribution >= 4 is 40.2 Å². The monoisotopic (exact) mass is 494 g/mol. The van der Waals surface area contributed by atoms with E-state index in [0.717, 1.165) is 40.9 Å². The molecule has 2 N–H and O–H groups in total. The second kappa shape index (κ2) is 8.38. The number of likely N-dealkylation sites (tertiary alicyclic amines) is 1. The Labute approximate surface area is 213 Å². The van der Waals surface area contributed by atoms with E-state index in [4.69, 9.17) is 9.97 Å². The Morgan fingerprint density at radius 2 is 2.00 bits per heavy atom. The lowest BCUT2D eigenvalue weighted by Gasteiger charge is -2.35. The van der Waals surface area contributed by atoms with Crippen molar-refractivity contribution < 1.29 is 9.59 Å². The summed E-state index contributed by atoms with van der Waals surface area (Å²) < 4.78 is 1.97. The fourth-order valence-corrected chi connectivity index (χ4v) is 5.58. The molecule has 4 aromatic rings. The molecule has 3 aliphatic heterocycles. The van der Waals surface area contributed by atoms with Crippen LogP contribution in [-0.2, 0) is 18.4 Å². The smallest absolute Gasteiger partial charge is 0.254 e. The highest BCUT2D eigenvalue weighted by Crippen LogP contribution is 2.36. The summed E-state index contributed by atoms with van der Waals surface area (Å²) in [6.45, 7) is 3.18. The number of anilines is 3. The van der Waals surface area contributed by atoms with Crippen LogP contribution < -0.4 is 15.5 Å². The molecule has 0 bridgehead atoms. The zero-order valence-corrected chi connectivity index (χ0v) is 20.4. The van der Waals surface area contributed by atoms with E-state index < -0.39 is 0 Å². The van der Waals surface area contributed by atoms with Crippen molar-refractivity contribution in [2.45, 2.75) is 25.4 Å². The van der Waals surface area contributed by atoms with E-state index in [9.17, 15) is 9.59 Å². The summed E-state index contributed by atoms with van der Waals surface area (Å²) in [7, 11) is 1.96. The van der Waals surface area contributed by atoms with Crippen molar-refractivity contribution in [2.75, 3.05) is 29.9 Å². The van der Waals surface area contributed by atoms with E-state index in [0.29, 0.717) is 42.4 Å². The van der Waals surface area contributed by atoms with E-state index in [2.05, 4.69) is 20.5 Å². The molecule has 1 atom stereocenters. The van der Waals surface area contributed by atoms with Gasteiger partial charge in [0.2, 0.25) is 5.91 Å². The number of hydrogen-bond acceptors (Lipinski definition) is 7. The van der Waals surface area contributed by atoms with E-state index in [1.165, 1.54) is 6.42 Å². The van der Waals surface area contributed by atoms with Crippen LogP contribution in [0.2, 0.25) is 0 Å². The third-order valence-corrected chi connectivity index (χ3v) is 7.64. The average Bonchev–Trinajstić information content (AvgIpc) is 3.56. The highest BCUT2D eigenvalue weighted by Gasteiger charge is 2.37. The predicted octanol–water partition coefficient (Wildman–Crippen LogP) is 2.83. The highest BCUT2D eigenvalue weighted by molar-refractivity contribution is 6.06. The molecule has 37 heavy (non-hydrogen) atoms. The molecule has 2 saturated heterocycles. The van der Waals surface area contributed by atoms with Gasteiger partial charge in [-0.3, -0.25) is 24.4 Å². The SMILES string of the molecule is Cn1ccc2c(-c3ncc(Nc4cccc(N5CC(N6CCC6)CC5=O)n4)c4c3CNC4=O)ccnc21. The minimum Gasteiger partial charge on any atom is -0.348 e. The summed E-state index contributed by atoms with van der Waals surface area (Å²) in [4.78, 5) is 43.7. The minimum atomic E-state index is -0.150. The van der Waals surface area contributed by atoms with E-state index in [1.807, 2.05) is 48.1 Å². The minimum absolute atomic E-state index is 0.0948. The number of pyridine rings is 3. The number of nitrogens with one attached hydrogen (secondary N) is 2. The average molecular weight is 495 g/mol. The van der Waals surface area contributed by atoms with Gasteiger partial charge in [-0.25, -0.2) is 9.97 Å². The Bertz CT molecular complexity index is 1570. The van der Waals surface area contributed by atoms with Crippen LogP contribution in [0.15, 0.2) is 48.9 Å². The second-order valence-corrected chi connectivity index (χ2v) is 9.84. The van der Waals surface area contributed by atoms with Crippen molar-refractivity contribution in [3.05, 3.63) is 60.0 Å². The molecule has 2 fully saturated rings. The van der Waals surface area contributed by atoms with E-state index in [1.54, 1.807) is 17.3 Å². The molecule has 0 aromatic carbocycles. The molecule has 0 aliphatic carbocycles. The molecule has 7 rings (SSSR count). The van der Waals surface area contributed by atoms with Gasteiger partial charge in [-0.05, 0) is 43.8 Å². The molecule has 0 radical (unpaired) electrons. The zero-order chi connectivity index (χ0) is 25.1. The quantitative estimate of drug-likeness (QED) is 0.439. The molecular weight excluding hydrogens is 468 g/mol. The van der Waals surface area contributed by atoms with Gasteiger partial charge in [0.25, 0.3) is 5.91 Å². The number of amides is 2. The van der Waals surface area contributed by atoms with E-state index in [-0.39, 0.29) is 17.9 Å². The van der Waals surface area contributed by atoms with Crippen LogP contribution in [0.1, 0.15) is 28.8 Å². The Morgan fingerprint density at radius 1 is 1.11 bits per heavy atom. The van der Waals surface area contributed by atoms with Crippen LogP contribution in [0.3, 0.4) is 0 Å². The van der Waals surface area contributed by atoms with E-state index >= 15 is 0 Å². The molecule has 7 heterocycles. The van der Waals surface area contributed by atoms with Crippen molar-refractivity contribution in [1.82, 2.24) is 29.7 Å². The molecular formula is C27H26N8O2. The first-order chi connectivity index (χ1) is 18.1. The lowest BCUT2D eigenvalue weighted by molar-refractivity contribution is -0.117. The fourth-order valence-electron chi connectivity index (χ4n) is 5.58. The van der Waals surface area contributed by atoms with Gasteiger partial charge in [-0.1, -0.05) is 6.07 Å². The van der Waals surface area contributed by atoms with Crippen LogP contribution in [0.5, 0.6) is 0 Å². The lowest BCUT2D eigenvalue weighted by atomic mass is 10.0. The van der Waals surface area contributed by atoms with Gasteiger partial charge in [-0.2, -0.15) is 0 Å². The first-order valence-electron chi connectivity index (χ1n) is 12.6. The largest absolute Gasteiger partial charge is 0.348 e. The van der Waals surface area contributed by atoms with Crippen molar-refractivity contribution in [1.29, 1.82) is 0 Å². The first kappa shape index (κ1) is 21.9.